The number of pyridine rings is 1. The molecule has 33 heavy (non-hydrogen) atoms. The van der Waals surface area contributed by atoms with Gasteiger partial charge in [0.25, 0.3) is 5.89 Å². The fourth-order valence-electron chi connectivity index (χ4n) is 3.96. The molecule has 0 aliphatic carbocycles. The Balaban J connectivity index is 1.53. The van der Waals surface area contributed by atoms with Crippen LogP contribution < -0.4 is 5.32 Å². The Bertz CT molecular complexity index is 1150. The maximum Gasteiger partial charge on any atom is 0.259 e. The van der Waals surface area contributed by atoms with E-state index in [1.54, 1.807) is 12.3 Å². The molecule has 0 saturated carbocycles. The van der Waals surface area contributed by atoms with Gasteiger partial charge in [0.1, 0.15) is 11.9 Å². The number of fused-ring (bicyclic) bond motifs is 1. The number of benzene rings is 1. The summed E-state index contributed by atoms with van der Waals surface area (Å²) in [6.45, 7) is 5.86. The van der Waals surface area contributed by atoms with Gasteiger partial charge in [-0.2, -0.15) is 10.2 Å². The highest BCUT2D eigenvalue weighted by Crippen LogP contribution is 2.27. The van der Waals surface area contributed by atoms with Crippen LogP contribution in [0.4, 0.5) is 5.82 Å². The second kappa shape index (κ2) is 10.1. The van der Waals surface area contributed by atoms with Crippen molar-refractivity contribution in [1.29, 1.82) is 5.26 Å². The Hall–Kier alpha value is -3.32. The van der Waals surface area contributed by atoms with Gasteiger partial charge < -0.3 is 25.0 Å². The molecule has 1 aromatic carbocycles. The molecule has 0 fully saturated rings. The average molecular weight is 449 g/mol. The normalized spacial score (nSPS) is 15.0. The van der Waals surface area contributed by atoms with E-state index in [0.717, 1.165) is 31.5 Å². The summed E-state index contributed by atoms with van der Waals surface area (Å²) in [7, 11) is 0. The number of nitrogens with one attached hydrogen (secondary N) is 1. The highest BCUT2D eigenvalue weighted by molar-refractivity contribution is 5.65. The van der Waals surface area contributed by atoms with Crippen molar-refractivity contribution >= 4 is 5.82 Å². The molecule has 2 aromatic heterocycles. The molecule has 3 N–H and O–H groups in total. The Morgan fingerprint density at radius 2 is 1.97 bits per heavy atom. The summed E-state index contributed by atoms with van der Waals surface area (Å²) in [6, 6.07) is 10.2. The van der Waals surface area contributed by atoms with Crippen LogP contribution in [0.5, 0.6) is 0 Å². The van der Waals surface area contributed by atoms with Crippen LogP contribution in [-0.4, -0.2) is 68.6 Å². The molecule has 0 amide bonds. The zero-order valence-electron chi connectivity index (χ0n) is 18.8. The summed E-state index contributed by atoms with van der Waals surface area (Å²) < 4.78 is 5.48. The second-order valence-corrected chi connectivity index (χ2v) is 8.57. The standard InChI is InChI=1S/C24H28N6O3/c1-15(2)27-22-19(11-25)10-20(12-26-22)24-28-23(29-33-24)18-4-3-16-5-7-30(13-21(32)14-31)8-6-17(16)9-18/h3-4,9-10,12,15,21,31-32H,5-8,13-14H2,1-2H3,(H,26,27)/t21-/m0/s1. The van der Waals surface area contributed by atoms with E-state index in [1.807, 2.05) is 19.9 Å². The minimum Gasteiger partial charge on any atom is -0.394 e. The van der Waals surface area contributed by atoms with E-state index in [1.165, 1.54) is 11.1 Å². The quantitative estimate of drug-likeness (QED) is 0.498. The van der Waals surface area contributed by atoms with Crippen molar-refractivity contribution in [2.24, 2.45) is 0 Å². The molecule has 0 unspecified atom stereocenters. The highest BCUT2D eigenvalue weighted by Gasteiger charge is 2.19. The van der Waals surface area contributed by atoms with Crippen molar-refractivity contribution in [3.8, 4) is 28.9 Å². The van der Waals surface area contributed by atoms with Crippen molar-refractivity contribution in [2.75, 3.05) is 31.6 Å². The van der Waals surface area contributed by atoms with Crippen molar-refractivity contribution < 1.29 is 14.7 Å². The Kier molecular flexibility index (Phi) is 6.99. The number of hydrogen-bond acceptors (Lipinski definition) is 9. The van der Waals surface area contributed by atoms with E-state index in [-0.39, 0.29) is 12.6 Å². The molecule has 3 heterocycles. The molecule has 0 spiro atoms. The van der Waals surface area contributed by atoms with Gasteiger partial charge in [-0.1, -0.05) is 17.3 Å². The molecule has 172 valence electrons. The fraction of sp³-hybridized carbons (Fsp3) is 0.417. The SMILES string of the molecule is CC(C)Nc1ncc(-c2nc(-c3ccc4c(c3)CCN(C[C@H](O)CO)CC4)no2)cc1C#N. The number of β-amino-alcohol motifs (C(OH)–C–C–N with tert-alkyl or cyclic N) is 1. The molecular formula is C24H28N6O3. The van der Waals surface area contributed by atoms with Gasteiger partial charge in [0, 0.05) is 37.4 Å². The number of aromatic nitrogens is 3. The number of rotatable bonds is 7. The van der Waals surface area contributed by atoms with E-state index in [2.05, 4.69) is 43.5 Å². The Morgan fingerprint density at radius 1 is 1.18 bits per heavy atom. The van der Waals surface area contributed by atoms with Crippen LogP contribution >= 0.6 is 0 Å². The van der Waals surface area contributed by atoms with Gasteiger partial charge in [-0.25, -0.2) is 4.98 Å². The molecule has 4 rings (SSSR count). The Morgan fingerprint density at radius 3 is 2.70 bits per heavy atom. The van der Waals surface area contributed by atoms with Crippen LogP contribution in [0, 0.1) is 11.3 Å². The maximum atomic E-state index is 9.75. The van der Waals surface area contributed by atoms with Gasteiger partial charge in [-0.15, -0.1) is 0 Å². The lowest BCUT2D eigenvalue weighted by atomic mass is 10.00. The van der Waals surface area contributed by atoms with Gasteiger partial charge in [0.15, 0.2) is 0 Å². The molecule has 1 aliphatic heterocycles. The third-order valence-electron chi connectivity index (χ3n) is 5.65. The maximum absolute atomic E-state index is 9.75. The molecule has 0 saturated heterocycles. The zero-order chi connectivity index (χ0) is 23.4. The number of aliphatic hydroxyl groups excluding tert-OH is 2. The first-order valence-corrected chi connectivity index (χ1v) is 11.1. The first-order valence-electron chi connectivity index (χ1n) is 11.1. The number of hydrogen-bond donors (Lipinski definition) is 3. The molecule has 9 heteroatoms. The number of nitrogens with zero attached hydrogens (tertiary/aromatic N) is 5. The second-order valence-electron chi connectivity index (χ2n) is 8.57. The summed E-state index contributed by atoms with van der Waals surface area (Å²) in [4.78, 5) is 11.1. The van der Waals surface area contributed by atoms with Crippen molar-refractivity contribution in [3.63, 3.8) is 0 Å². The van der Waals surface area contributed by atoms with Crippen LogP contribution in [0.1, 0.15) is 30.5 Å². The number of nitriles is 1. The first-order chi connectivity index (χ1) is 16.0. The predicted octanol–water partition coefficient (Wildman–Crippen LogP) is 2.24. The molecule has 0 bridgehead atoms. The molecular weight excluding hydrogens is 420 g/mol. The van der Waals surface area contributed by atoms with E-state index in [0.29, 0.717) is 35.2 Å². The zero-order valence-corrected chi connectivity index (χ0v) is 18.8. The Labute approximate surface area is 192 Å². The topological polar surface area (TPSA) is 131 Å². The monoisotopic (exact) mass is 448 g/mol. The minimum atomic E-state index is -0.717. The van der Waals surface area contributed by atoms with E-state index >= 15 is 0 Å². The van der Waals surface area contributed by atoms with Crippen LogP contribution in [0.25, 0.3) is 22.8 Å². The predicted molar refractivity (Wildman–Crippen MR) is 123 cm³/mol. The lowest BCUT2D eigenvalue weighted by Gasteiger charge is -2.21. The van der Waals surface area contributed by atoms with Crippen molar-refractivity contribution in [3.05, 3.63) is 47.2 Å². The third-order valence-corrected chi connectivity index (χ3v) is 5.65. The lowest BCUT2D eigenvalue weighted by molar-refractivity contribution is 0.0605. The van der Waals surface area contributed by atoms with Crippen LogP contribution in [-0.2, 0) is 12.8 Å². The van der Waals surface area contributed by atoms with Crippen LogP contribution in [0.15, 0.2) is 35.0 Å². The fourth-order valence-corrected chi connectivity index (χ4v) is 3.96. The van der Waals surface area contributed by atoms with Gasteiger partial charge >= 0.3 is 0 Å². The number of aliphatic hydroxyl groups is 2. The van der Waals surface area contributed by atoms with Crippen molar-refractivity contribution in [2.45, 2.75) is 38.8 Å². The summed E-state index contributed by atoms with van der Waals surface area (Å²) in [5.41, 5.74) is 4.35. The largest absolute Gasteiger partial charge is 0.394 e. The smallest absolute Gasteiger partial charge is 0.259 e. The van der Waals surface area contributed by atoms with Crippen LogP contribution in [0.2, 0.25) is 0 Å². The summed E-state index contributed by atoms with van der Waals surface area (Å²) in [6.07, 6.45) is 2.62. The first kappa shape index (κ1) is 22.9. The minimum absolute atomic E-state index is 0.158. The summed E-state index contributed by atoms with van der Waals surface area (Å²) in [5.74, 6) is 1.32. The molecule has 9 nitrogen and oxygen atoms in total. The van der Waals surface area contributed by atoms with E-state index in [9.17, 15) is 10.4 Å². The summed E-state index contributed by atoms with van der Waals surface area (Å²) in [5, 5.41) is 35.6. The average Bonchev–Trinajstić information content (AvgIpc) is 3.22. The van der Waals surface area contributed by atoms with E-state index < -0.39 is 6.10 Å². The van der Waals surface area contributed by atoms with Gasteiger partial charge in [0.2, 0.25) is 5.82 Å². The third kappa shape index (κ3) is 5.37. The van der Waals surface area contributed by atoms with E-state index in [4.69, 9.17) is 9.63 Å². The summed E-state index contributed by atoms with van der Waals surface area (Å²) >= 11 is 0. The molecule has 0 radical (unpaired) electrons. The number of anilines is 1. The lowest BCUT2D eigenvalue weighted by Crippen LogP contribution is -2.35. The van der Waals surface area contributed by atoms with Crippen LogP contribution in [0.3, 0.4) is 0 Å². The molecule has 1 aliphatic rings. The highest BCUT2D eigenvalue weighted by atomic mass is 16.5. The molecule has 3 aromatic rings. The molecule has 1 atom stereocenters. The van der Waals surface area contributed by atoms with Crippen molar-refractivity contribution in [1.82, 2.24) is 20.0 Å². The van der Waals surface area contributed by atoms with Gasteiger partial charge in [-0.3, -0.25) is 0 Å². The van der Waals surface area contributed by atoms with Gasteiger partial charge in [0.05, 0.1) is 23.8 Å². The van der Waals surface area contributed by atoms with Gasteiger partial charge in [-0.05, 0) is 49.9 Å².